The summed E-state index contributed by atoms with van der Waals surface area (Å²) in [5.74, 6) is -1.54. The van der Waals surface area contributed by atoms with Crippen LogP contribution in [0.15, 0.2) is 26.9 Å². The number of ether oxygens (including phenoxy) is 1. The molecule has 2 aromatic rings. The first-order valence-corrected chi connectivity index (χ1v) is 8.54. The minimum Gasteiger partial charge on any atom is -0.466 e. The van der Waals surface area contributed by atoms with E-state index in [1.54, 1.807) is 0 Å². The molecular formula is C16H16ClFN4O5S. The fourth-order valence-electron chi connectivity index (χ4n) is 2.19. The van der Waals surface area contributed by atoms with Crippen LogP contribution in [0.1, 0.15) is 12.5 Å². The number of rotatable bonds is 5. The van der Waals surface area contributed by atoms with E-state index in [1.165, 1.54) is 28.1 Å². The molecule has 0 aliphatic heterocycles. The second-order valence-corrected chi connectivity index (χ2v) is 6.40. The van der Waals surface area contributed by atoms with E-state index in [-0.39, 0.29) is 21.0 Å². The summed E-state index contributed by atoms with van der Waals surface area (Å²) in [5.41, 5.74) is -1.85. The second-order valence-electron chi connectivity index (χ2n) is 5.63. The molecule has 1 heterocycles. The number of oxime groups is 1. The van der Waals surface area contributed by atoms with Crippen molar-refractivity contribution in [3.05, 3.63) is 54.3 Å². The molecule has 2 rings (SSSR count). The topological polar surface area (TPSA) is 96.8 Å². The first-order valence-electron chi connectivity index (χ1n) is 7.75. The van der Waals surface area contributed by atoms with Crippen LogP contribution < -0.4 is 11.4 Å². The SMILES string of the molecule is COC(=O)[C@@H](C)O/N=C/c1cc(-n2c(=O)n(C)c(=S)n(C)c2=O)c(F)cc1Cl. The Kier molecular flexibility index (Phi) is 6.52. The molecular weight excluding hydrogens is 415 g/mol. The number of hydrogen-bond acceptors (Lipinski definition) is 7. The summed E-state index contributed by atoms with van der Waals surface area (Å²) in [5, 5.41) is 3.56. The molecule has 12 heteroatoms. The largest absolute Gasteiger partial charge is 0.466 e. The first-order chi connectivity index (χ1) is 13.1. The number of nitrogens with zero attached hydrogens (tertiary/aromatic N) is 4. The molecule has 1 aromatic heterocycles. The maximum absolute atomic E-state index is 14.5. The molecule has 0 aliphatic rings. The fraction of sp³-hybridized carbons (Fsp3) is 0.312. The fourth-order valence-corrected chi connectivity index (χ4v) is 2.54. The van der Waals surface area contributed by atoms with Crippen LogP contribution in [-0.4, -0.2) is 39.1 Å². The van der Waals surface area contributed by atoms with Crippen molar-refractivity contribution in [3.8, 4) is 5.69 Å². The zero-order chi connectivity index (χ0) is 21.2. The normalized spacial score (nSPS) is 12.2. The Morgan fingerprint density at radius 1 is 1.29 bits per heavy atom. The molecule has 0 N–H and O–H groups in total. The molecule has 150 valence electrons. The van der Waals surface area contributed by atoms with Gasteiger partial charge in [-0.05, 0) is 31.3 Å². The smallest absolute Gasteiger partial charge is 0.349 e. The van der Waals surface area contributed by atoms with Gasteiger partial charge in [0.25, 0.3) is 0 Å². The molecule has 28 heavy (non-hydrogen) atoms. The third kappa shape index (κ3) is 4.04. The van der Waals surface area contributed by atoms with Crippen LogP contribution in [0.5, 0.6) is 0 Å². The summed E-state index contributed by atoms with van der Waals surface area (Å²) in [6.45, 7) is 1.42. The van der Waals surface area contributed by atoms with Gasteiger partial charge in [0.1, 0.15) is 5.82 Å². The second kappa shape index (κ2) is 8.48. The Bertz CT molecular complexity index is 1100. The molecule has 0 spiro atoms. The molecule has 0 unspecified atom stereocenters. The summed E-state index contributed by atoms with van der Waals surface area (Å²) in [7, 11) is 3.92. The van der Waals surface area contributed by atoms with Gasteiger partial charge in [-0.15, -0.1) is 0 Å². The van der Waals surface area contributed by atoms with Gasteiger partial charge in [0.2, 0.25) is 6.10 Å². The third-order valence-electron chi connectivity index (χ3n) is 3.78. The molecule has 0 bridgehead atoms. The number of carbonyl (C=O) groups is 1. The zero-order valence-electron chi connectivity index (χ0n) is 15.3. The lowest BCUT2D eigenvalue weighted by Crippen LogP contribution is -2.43. The van der Waals surface area contributed by atoms with E-state index < -0.39 is 29.3 Å². The highest BCUT2D eigenvalue weighted by Crippen LogP contribution is 2.21. The number of hydrogen-bond donors (Lipinski definition) is 0. The van der Waals surface area contributed by atoms with E-state index in [0.717, 1.165) is 27.5 Å². The Hall–Kier alpha value is -2.79. The van der Waals surface area contributed by atoms with Crippen molar-refractivity contribution in [1.29, 1.82) is 0 Å². The van der Waals surface area contributed by atoms with Crippen LogP contribution in [0.4, 0.5) is 4.39 Å². The number of esters is 1. The summed E-state index contributed by atoms with van der Waals surface area (Å²) in [6, 6.07) is 2.08. The van der Waals surface area contributed by atoms with Crippen molar-refractivity contribution >= 4 is 36.0 Å². The van der Waals surface area contributed by atoms with Crippen LogP contribution in [0.2, 0.25) is 5.02 Å². The standard InChI is InChI=1S/C16H16ClFN4O5S/c1-8(13(23)26-4)27-19-7-9-5-12(11(18)6-10(9)17)22-14(24)20(2)16(28)21(3)15(22)25/h5-8H,1-4H3/b19-7+/t8-/m1/s1. The molecule has 0 amide bonds. The maximum atomic E-state index is 14.5. The van der Waals surface area contributed by atoms with Gasteiger partial charge in [-0.2, -0.15) is 0 Å². The van der Waals surface area contributed by atoms with Crippen molar-refractivity contribution in [1.82, 2.24) is 13.7 Å². The van der Waals surface area contributed by atoms with Gasteiger partial charge in [0, 0.05) is 19.7 Å². The van der Waals surface area contributed by atoms with Crippen LogP contribution in [0.25, 0.3) is 5.69 Å². The molecule has 0 aliphatic carbocycles. The number of halogens is 2. The van der Waals surface area contributed by atoms with Crippen LogP contribution in [-0.2, 0) is 28.5 Å². The summed E-state index contributed by atoms with van der Waals surface area (Å²) in [6.07, 6.45) is 0.135. The van der Waals surface area contributed by atoms with Crippen LogP contribution >= 0.6 is 23.8 Å². The van der Waals surface area contributed by atoms with Crippen molar-refractivity contribution in [2.75, 3.05) is 7.11 Å². The molecule has 9 nitrogen and oxygen atoms in total. The lowest BCUT2D eigenvalue weighted by Gasteiger charge is -2.12. The average Bonchev–Trinajstić information content (AvgIpc) is 2.66. The van der Waals surface area contributed by atoms with E-state index in [4.69, 9.17) is 28.7 Å². The van der Waals surface area contributed by atoms with E-state index in [1.807, 2.05) is 0 Å². The van der Waals surface area contributed by atoms with Crippen molar-refractivity contribution in [2.24, 2.45) is 19.3 Å². The van der Waals surface area contributed by atoms with Gasteiger partial charge < -0.3 is 9.57 Å². The predicted octanol–water partition coefficient (Wildman–Crippen LogP) is 1.31. The summed E-state index contributed by atoms with van der Waals surface area (Å²) < 4.78 is 21.6. The van der Waals surface area contributed by atoms with Gasteiger partial charge in [-0.3, -0.25) is 9.13 Å². The van der Waals surface area contributed by atoms with E-state index in [0.29, 0.717) is 4.57 Å². The van der Waals surface area contributed by atoms with Gasteiger partial charge >= 0.3 is 17.3 Å². The van der Waals surface area contributed by atoms with Crippen LogP contribution in [0, 0.1) is 10.6 Å². The molecule has 1 aromatic carbocycles. The zero-order valence-corrected chi connectivity index (χ0v) is 16.9. The Labute approximate surface area is 168 Å². The molecule has 1 atom stereocenters. The molecule has 0 radical (unpaired) electrons. The van der Waals surface area contributed by atoms with Crippen molar-refractivity contribution in [2.45, 2.75) is 13.0 Å². The van der Waals surface area contributed by atoms with E-state index >= 15 is 0 Å². The number of benzene rings is 1. The average molecular weight is 431 g/mol. The molecule has 0 saturated carbocycles. The van der Waals surface area contributed by atoms with Crippen molar-refractivity contribution < 1.29 is 18.8 Å². The maximum Gasteiger partial charge on any atom is 0.349 e. The van der Waals surface area contributed by atoms with Crippen LogP contribution in [0.3, 0.4) is 0 Å². The number of carbonyl (C=O) groups excluding carboxylic acids is 1. The quantitative estimate of drug-likeness (QED) is 0.307. The summed E-state index contributed by atoms with van der Waals surface area (Å²) >= 11 is 11.0. The minimum absolute atomic E-state index is 0.0207. The van der Waals surface area contributed by atoms with Gasteiger partial charge in [-0.1, -0.05) is 16.8 Å². The lowest BCUT2D eigenvalue weighted by atomic mass is 10.2. The minimum atomic E-state index is -0.978. The van der Waals surface area contributed by atoms with Gasteiger partial charge in [0.15, 0.2) is 4.77 Å². The highest BCUT2D eigenvalue weighted by Gasteiger charge is 2.17. The lowest BCUT2D eigenvalue weighted by molar-refractivity contribution is -0.152. The predicted molar refractivity (Wildman–Crippen MR) is 102 cm³/mol. The molecule has 0 fully saturated rings. The number of aromatic nitrogens is 3. The van der Waals surface area contributed by atoms with Crippen molar-refractivity contribution in [3.63, 3.8) is 0 Å². The monoisotopic (exact) mass is 430 g/mol. The third-order valence-corrected chi connectivity index (χ3v) is 4.66. The number of methoxy groups -OCH3 is 1. The van der Waals surface area contributed by atoms with Gasteiger partial charge in [-0.25, -0.2) is 23.3 Å². The van der Waals surface area contributed by atoms with E-state index in [9.17, 15) is 18.8 Å². The Balaban J connectivity index is 2.57. The highest BCUT2D eigenvalue weighted by molar-refractivity contribution is 7.71. The summed E-state index contributed by atoms with van der Waals surface area (Å²) in [4.78, 5) is 41.1. The highest BCUT2D eigenvalue weighted by atomic mass is 35.5. The Morgan fingerprint density at radius 3 is 2.39 bits per heavy atom. The van der Waals surface area contributed by atoms with Gasteiger partial charge in [0.05, 0.1) is 24.0 Å². The Morgan fingerprint density at radius 2 is 1.86 bits per heavy atom. The van der Waals surface area contributed by atoms with E-state index in [2.05, 4.69) is 9.89 Å². The molecule has 0 saturated heterocycles. The first kappa shape index (κ1) is 21.5.